The summed E-state index contributed by atoms with van der Waals surface area (Å²) in [5.41, 5.74) is 5.40. The monoisotopic (exact) mass is 327 g/mol. The summed E-state index contributed by atoms with van der Waals surface area (Å²) in [5.74, 6) is -0.463. The molecular formula is C14H12F3N3OS. The number of halogens is 3. The minimum atomic E-state index is -4.49. The van der Waals surface area contributed by atoms with Gasteiger partial charge in [0.25, 0.3) is 0 Å². The highest BCUT2D eigenvalue weighted by Crippen LogP contribution is 2.39. The molecule has 3 N–H and O–H groups in total. The number of alkyl halides is 3. The molecule has 1 aromatic carbocycles. The Hall–Kier alpha value is -2.22. The van der Waals surface area contributed by atoms with Crippen LogP contribution < -0.4 is 11.1 Å². The average molecular weight is 327 g/mol. The lowest BCUT2D eigenvalue weighted by Crippen LogP contribution is -2.10. The number of carbonyl (C=O) groups is 1. The fourth-order valence-corrected chi connectivity index (χ4v) is 2.54. The normalized spacial score (nSPS) is 11.3. The van der Waals surface area contributed by atoms with E-state index >= 15 is 0 Å². The van der Waals surface area contributed by atoms with Gasteiger partial charge < -0.3 is 11.1 Å². The second-order valence-electron chi connectivity index (χ2n) is 4.39. The third-order valence-corrected chi connectivity index (χ3v) is 3.74. The fourth-order valence-electron chi connectivity index (χ4n) is 1.68. The number of hydrogen-bond acceptors (Lipinski definition) is 4. The van der Waals surface area contributed by atoms with Crippen LogP contribution in [0.2, 0.25) is 0 Å². The Morgan fingerprint density at radius 3 is 2.64 bits per heavy atom. The van der Waals surface area contributed by atoms with Crippen molar-refractivity contribution in [1.29, 1.82) is 0 Å². The van der Waals surface area contributed by atoms with Crippen molar-refractivity contribution in [2.45, 2.75) is 23.0 Å². The number of anilines is 2. The van der Waals surface area contributed by atoms with Gasteiger partial charge in [-0.3, -0.25) is 4.79 Å². The van der Waals surface area contributed by atoms with Crippen molar-refractivity contribution < 1.29 is 18.0 Å². The Labute approximate surface area is 128 Å². The predicted octanol–water partition coefficient (Wildman–Crippen LogP) is 3.79. The van der Waals surface area contributed by atoms with Crippen molar-refractivity contribution in [3.63, 3.8) is 0 Å². The van der Waals surface area contributed by atoms with Crippen LogP contribution in [0, 0.1) is 0 Å². The van der Waals surface area contributed by atoms with Crippen LogP contribution >= 0.6 is 11.8 Å². The van der Waals surface area contributed by atoms with Crippen molar-refractivity contribution in [3.8, 4) is 0 Å². The van der Waals surface area contributed by atoms with Crippen molar-refractivity contribution in [1.82, 2.24) is 4.98 Å². The molecule has 2 aromatic rings. The Morgan fingerprint density at radius 2 is 2.05 bits per heavy atom. The molecular weight excluding hydrogens is 315 g/mol. The second-order valence-corrected chi connectivity index (χ2v) is 5.42. The van der Waals surface area contributed by atoms with Gasteiger partial charge in [0.15, 0.2) is 0 Å². The summed E-state index contributed by atoms with van der Waals surface area (Å²) in [6.45, 7) is 1.23. The smallest absolute Gasteiger partial charge is 0.397 e. The number of hydrogen-bond donors (Lipinski definition) is 2. The van der Waals surface area contributed by atoms with Crippen LogP contribution in [0.5, 0.6) is 0 Å². The highest BCUT2D eigenvalue weighted by atomic mass is 32.2. The van der Waals surface area contributed by atoms with Gasteiger partial charge in [0.05, 0.1) is 16.9 Å². The maximum absolute atomic E-state index is 12.8. The Balaban J connectivity index is 2.42. The van der Waals surface area contributed by atoms with E-state index in [0.717, 1.165) is 23.9 Å². The van der Waals surface area contributed by atoms with E-state index in [1.807, 2.05) is 0 Å². The van der Waals surface area contributed by atoms with E-state index in [-0.39, 0.29) is 5.69 Å². The minimum Gasteiger partial charge on any atom is -0.397 e. The molecule has 2 rings (SSSR count). The lowest BCUT2D eigenvalue weighted by atomic mass is 10.2. The maximum Gasteiger partial charge on any atom is 0.416 e. The van der Waals surface area contributed by atoms with Gasteiger partial charge >= 0.3 is 6.18 Å². The zero-order chi connectivity index (χ0) is 16.3. The molecule has 0 bridgehead atoms. The molecule has 0 unspecified atom stereocenters. The van der Waals surface area contributed by atoms with Gasteiger partial charge in [0, 0.05) is 18.0 Å². The number of amides is 1. The highest BCUT2D eigenvalue weighted by Gasteiger charge is 2.31. The first-order valence-corrected chi connectivity index (χ1v) is 6.96. The summed E-state index contributed by atoms with van der Waals surface area (Å²) in [6, 6.07) is 6.42. The molecule has 0 radical (unpaired) electrons. The van der Waals surface area contributed by atoms with E-state index in [4.69, 9.17) is 5.73 Å². The zero-order valence-electron chi connectivity index (χ0n) is 11.4. The Bertz CT molecular complexity index is 704. The van der Waals surface area contributed by atoms with E-state index in [0.29, 0.717) is 15.6 Å². The Morgan fingerprint density at radius 1 is 1.32 bits per heavy atom. The zero-order valence-corrected chi connectivity index (χ0v) is 12.3. The number of nitrogens with two attached hydrogens (primary N) is 1. The first-order chi connectivity index (χ1) is 10.3. The van der Waals surface area contributed by atoms with Gasteiger partial charge in [-0.2, -0.15) is 13.2 Å². The Kier molecular flexibility index (Phi) is 4.60. The van der Waals surface area contributed by atoms with E-state index in [9.17, 15) is 18.0 Å². The summed E-state index contributed by atoms with van der Waals surface area (Å²) < 4.78 is 38.3. The maximum atomic E-state index is 12.8. The lowest BCUT2D eigenvalue weighted by Gasteiger charge is -2.13. The molecule has 0 saturated carbocycles. The van der Waals surface area contributed by atoms with Crippen LogP contribution in [0.15, 0.2) is 46.5 Å². The topological polar surface area (TPSA) is 68.0 Å². The summed E-state index contributed by atoms with van der Waals surface area (Å²) in [6.07, 6.45) is -2.96. The minimum absolute atomic E-state index is 0.0670. The molecule has 1 amide bonds. The molecule has 4 nitrogen and oxygen atoms in total. The van der Waals surface area contributed by atoms with Crippen LogP contribution in [0.1, 0.15) is 12.5 Å². The molecule has 0 aliphatic heterocycles. The van der Waals surface area contributed by atoms with Gasteiger partial charge in [-0.25, -0.2) is 4.98 Å². The van der Waals surface area contributed by atoms with E-state index in [1.54, 1.807) is 12.1 Å². The largest absolute Gasteiger partial charge is 0.416 e. The highest BCUT2D eigenvalue weighted by molar-refractivity contribution is 7.99. The number of rotatable bonds is 3. The van der Waals surface area contributed by atoms with Crippen molar-refractivity contribution in [2.75, 3.05) is 11.1 Å². The molecule has 0 aliphatic rings. The predicted molar refractivity (Wildman–Crippen MR) is 78.5 cm³/mol. The number of nitrogens with one attached hydrogen (secondary N) is 1. The number of carbonyl (C=O) groups excluding carboxylic acids is 1. The van der Waals surface area contributed by atoms with E-state index in [1.165, 1.54) is 19.2 Å². The van der Waals surface area contributed by atoms with Gasteiger partial charge in [-0.15, -0.1) is 0 Å². The van der Waals surface area contributed by atoms with Gasteiger partial charge in [0.2, 0.25) is 5.91 Å². The molecule has 0 saturated heterocycles. The summed E-state index contributed by atoms with van der Waals surface area (Å²) >= 11 is 1.08. The van der Waals surface area contributed by atoms with Gasteiger partial charge in [-0.1, -0.05) is 11.8 Å². The summed E-state index contributed by atoms with van der Waals surface area (Å²) in [4.78, 5) is 15.7. The lowest BCUT2D eigenvalue weighted by molar-refractivity contribution is -0.137. The molecule has 0 atom stereocenters. The third-order valence-electron chi connectivity index (χ3n) is 2.62. The first-order valence-electron chi connectivity index (χ1n) is 6.14. The summed E-state index contributed by atoms with van der Waals surface area (Å²) in [5, 5.41) is 2.85. The molecule has 22 heavy (non-hydrogen) atoms. The van der Waals surface area contributed by atoms with Crippen LogP contribution in [-0.2, 0) is 11.0 Å². The second kappa shape index (κ2) is 6.27. The van der Waals surface area contributed by atoms with Crippen LogP contribution in [0.25, 0.3) is 0 Å². The first kappa shape index (κ1) is 16.2. The number of benzene rings is 1. The quantitative estimate of drug-likeness (QED) is 0.900. The van der Waals surface area contributed by atoms with Crippen molar-refractivity contribution >= 4 is 29.0 Å². The molecule has 0 spiro atoms. The standard InChI is InChI=1S/C14H12F3N3OS/c1-8(21)20-11-7-9(14(15,16)17)4-5-12(11)22-13-10(18)3-2-6-19-13/h2-7H,18H2,1H3,(H,20,21). The number of aromatic nitrogens is 1. The van der Waals surface area contributed by atoms with E-state index < -0.39 is 17.6 Å². The number of nitrogens with zero attached hydrogens (tertiary/aromatic N) is 1. The van der Waals surface area contributed by atoms with Crippen molar-refractivity contribution in [3.05, 3.63) is 42.1 Å². The SMILES string of the molecule is CC(=O)Nc1cc(C(F)(F)F)ccc1Sc1ncccc1N. The average Bonchev–Trinajstić information content (AvgIpc) is 2.41. The van der Waals surface area contributed by atoms with Crippen LogP contribution in [0.4, 0.5) is 24.5 Å². The van der Waals surface area contributed by atoms with Crippen molar-refractivity contribution in [2.24, 2.45) is 0 Å². The van der Waals surface area contributed by atoms with Gasteiger partial charge in [0.1, 0.15) is 5.03 Å². The van der Waals surface area contributed by atoms with Crippen LogP contribution in [-0.4, -0.2) is 10.9 Å². The third kappa shape index (κ3) is 3.91. The molecule has 0 fully saturated rings. The van der Waals surface area contributed by atoms with Gasteiger partial charge in [-0.05, 0) is 30.3 Å². The molecule has 0 aliphatic carbocycles. The fraction of sp³-hybridized carbons (Fsp3) is 0.143. The molecule has 1 aromatic heterocycles. The van der Waals surface area contributed by atoms with E-state index in [2.05, 4.69) is 10.3 Å². The van der Waals surface area contributed by atoms with Crippen LogP contribution in [0.3, 0.4) is 0 Å². The molecule has 8 heteroatoms. The molecule has 1 heterocycles. The summed E-state index contributed by atoms with van der Waals surface area (Å²) in [7, 11) is 0. The molecule has 116 valence electrons. The number of nitrogen functional groups attached to an aromatic ring is 1. The number of pyridine rings is 1.